The second-order valence-electron chi connectivity index (χ2n) is 6.13. The zero-order valence-electron chi connectivity index (χ0n) is 12.5. The largest absolute Gasteiger partial charge is 0.395 e. The van der Waals surface area contributed by atoms with Crippen LogP contribution in [-0.2, 0) is 9.53 Å². The molecule has 2 aromatic rings. The molecule has 2 bridgehead atoms. The lowest BCUT2D eigenvalue weighted by Crippen LogP contribution is -2.44. The van der Waals surface area contributed by atoms with Crippen LogP contribution in [0.25, 0.3) is 11.0 Å². The summed E-state index contributed by atoms with van der Waals surface area (Å²) in [6.45, 7) is 0. The Hall–Kier alpha value is -2.22. The van der Waals surface area contributed by atoms with E-state index in [0.717, 1.165) is 0 Å². The van der Waals surface area contributed by atoms with Gasteiger partial charge in [-0.25, -0.2) is 0 Å². The summed E-state index contributed by atoms with van der Waals surface area (Å²) in [6, 6.07) is 4.86. The molecule has 126 valence electrons. The SMILES string of the molecule is O=C(Nc1ccc2nccnc2c1)C1C2CCC(O2)C1C(F)(F)F. The predicted molar refractivity (Wildman–Crippen MR) is 79.1 cm³/mol. The van der Waals surface area contributed by atoms with E-state index >= 15 is 0 Å². The third-order valence-electron chi connectivity index (χ3n) is 4.69. The van der Waals surface area contributed by atoms with Gasteiger partial charge in [-0.05, 0) is 31.0 Å². The van der Waals surface area contributed by atoms with Crippen LogP contribution in [0, 0.1) is 11.8 Å². The highest BCUT2D eigenvalue weighted by Gasteiger charge is 2.62. The van der Waals surface area contributed by atoms with Crippen LogP contribution in [-0.4, -0.2) is 34.3 Å². The summed E-state index contributed by atoms with van der Waals surface area (Å²) < 4.78 is 45.2. The van der Waals surface area contributed by atoms with Crippen molar-refractivity contribution in [3.8, 4) is 0 Å². The molecule has 1 aromatic carbocycles. The van der Waals surface area contributed by atoms with Crippen molar-refractivity contribution >= 4 is 22.6 Å². The standard InChI is InChI=1S/C16H14F3N3O2/c17-16(18,19)14-12-4-3-11(24-12)13(14)15(23)22-8-1-2-9-10(7-8)21-6-5-20-9/h1-2,5-7,11-14H,3-4H2,(H,22,23). The number of ether oxygens (including phenoxy) is 1. The van der Waals surface area contributed by atoms with Crippen molar-refractivity contribution in [1.29, 1.82) is 0 Å². The molecule has 0 radical (unpaired) electrons. The monoisotopic (exact) mass is 337 g/mol. The van der Waals surface area contributed by atoms with Crippen molar-refractivity contribution in [2.45, 2.75) is 31.2 Å². The molecule has 2 aliphatic rings. The Labute approximate surface area is 135 Å². The van der Waals surface area contributed by atoms with Gasteiger partial charge in [0.25, 0.3) is 0 Å². The molecule has 1 amide bonds. The van der Waals surface area contributed by atoms with Crippen LogP contribution in [0.15, 0.2) is 30.6 Å². The summed E-state index contributed by atoms with van der Waals surface area (Å²) >= 11 is 0. The number of rotatable bonds is 2. The first-order valence-electron chi connectivity index (χ1n) is 7.67. The number of carbonyl (C=O) groups excluding carboxylic acids is 1. The number of hydrogen-bond acceptors (Lipinski definition) is 4. The van der Waals surface area contributed by atoms with Crippen molar-refractivity contribution in [3.63, 3.8) is 0 Å². The van der Waals surface area contributed by atoms with Crippen LogP contribution in [0.2, 0.25) is 0 Å². The van der Waals surface area contributed by atoms with Gasteiger partial charge in [0, 0.05) is 18.1 Å². The third kappa shape index (κ3) is 2.50. The van der Waals surface area contributed by atoms with Crippen molar-refractivity contribution < 1.29 is 22.7 Å². The minimum Gasteiger partial charge on any atom is -0.373 e. The van der Waals surface area contributed by atoms with Crippen molar-refractivity contribution in [2.24, 2.45) is 11.8 Å². The Balaban J connectivity index is 1.58. The molecule has 2 aliphatic heterocycles. The number of aromatic nitrogens is 2. The maximum absolute atomic E-state index is 13.3. The Bertz CT molecular complexity index is 795. The van der Waals surface area contributed by atoms with Gasteiger partial charge < -0.3 is 10.1 Å². The molecule has 1 N–H and O–H groups in total. The van der Waals surface area contributed by atoms with E-state index in [0.29, 0.717) is 29.6 Å². The molecule has 4 atom stereocenters. The zero-order valence-corrected chi connectivity index (χ0v) is 12.5. The summed E-state index contributed by atoms with van der Waals surface area (Å²) in [4.78, 5) is 20.7. The number of nitrogens with one attached hydrogen (secondary N) is 1. The van der Waals surface area contributed by atoms with Gasteiger partial charge in [0.15, 0.2) is 0 Å². The predicted octanol–water partition coefficient (Wildman–Crippen LogP) is 2.92. The Morgan fingerprint density at radius 1 is 1.12 bits per heavy atom. The highest BCUT2D eigenvalue weighted by atomic mass is 19.4. The molecular formula is C16H14F3N3O2. The molecule has 3 heterocycles. The van der Waals surface area contributed by atoms with Crippen LogP contribution in [0.5, 0.6) is 0 Å². The third-order valence-corrected chi connectivity index (χ3v) is 4.69. The van der Waals surface area contributed by atoms with Crippen LogP contribution in [0.4, 0.5) is 18.9 Å². The number of hydrogen-bond donors (Lipinski definition) is 1. The van der Waals surface area contributed by atoms with Crippen LogP contribution in [0.1, 0.15) is 12.8 Å². The number of halogens is 3. The molecule has 0 saturated carbocycles. The van der Waals surface area contributed by atoms with E-state index in [1.807, 2.05) is 0 Å². The Morgan fingerprint density at radius 3 is 2.58 bits per heavy atom. The summed E-state index contributed by atoms with van der Waals surface area (Å²) in [5.74, 6) is -3.61. The van der Waals surface area contributed by atoms with Crippen molar-refractivity contribution in [3.05, 3.63) is 30.6 Å². The molecule has 5 nitrogen and oxygen atoms in total. The number of benzene rings is 1. The number of carbonyl (C=O) groups is 1. The lowest BCUT2D eigenvalue weighted by molar-refractivity contribution is -0.196. The second-order valence-corrected chi connectivity index (χ2v) is 6.13. The maximum atomic E-state index is 13.3. The molecular weight excluding hydrogens is 323 g/mol. The molecule has 0 spiro atoms. The Kier molecular flexibility index (Phi) is 3.45. The molecule has 2 fully saturated rings. The van der Waals surface area contributed by atoms with Crippen LogP contribution >= 0.6 is 0 Å². The van der Waals surface area contributed by atoms with Crippen molar-refractivity contribution in [1.82, 2.24) is 9.97 Å². The fourth-order valence-electron chi connectivity index (χ4n) is 3.69. The van der Waals surface area contributed by atoms with Crippen LogP contribution in [0.3, 0.4) is 0 Å². The first-order valence-corrected chi connectivity index (χ1v) is 7.67. The highest BCUT2D eigenvalue weighted by molar-refractivity contribution is 5.95. The van der Waals surface area contributed by atoms with E-state index < -0.39 is 36.1 Å². The van der Waals surface area contributed by atoms with E-state index in [2.05, 4.69) is 15.3 Å². The number of amides is 1. The molecule has 4 unspecified atom stereocenters. The zero-order chi connectivity index (χ0) is 16.9. The average molecular weight is 337 g/mol. The van der Waals surface area contributed by atoms with Gasteiger partial charge in [0.05, 0.1) is 35.1 Å². The van der Waals surface area contributed by atoms with E-state index in [1.54, 1.807) is 24.4 Å². The summed E-state index contributed by atoms with van der Waals surface area (Å²) in [5, 5.41) is 2.58. The van der Waals surface area contributed by atoms with Gasteiger partial charge in [-0.15, -0.1) is 0 Å². The fraction of sp³-hybridized carbons (Fsp3) is 0.438. The lowest BCUT2D eigenvalue weighted by Gasteiger charge is -2.28. The quantitative estimate of drug-likeness (QED) is 0.915. The summed E-state index contributed by atoms with van der Waals surface area (Å²) in [6.07, 6.45) is -2.13. The molecule has 1 aromatic heterocycles. The summed E-state index contributed by atoms with van der Waals surface area (Å²) in [7, 11) is 0. The minimum absolute atomic E-state index is 0.351. The van der Waals surface area contributed by atoms with E-state index in [1.165, 1.54) is 6.20 Å². The van der Waals surface area contributed by atoms with Gasteiger partial charge in [0.1, 0.15) is 0 Å². The first-order chi connectivity index (χ1) is 11.4. The Morgan fingerprint density at radius 2 is 1.83 bits per heavy atom. The molecule has 4 rings (SSSR count). The lowest BCUT2D eigenvalue weighted by atomic mass is 9.78. The molecule has 24 heavy (non-hydrogen) atoms. The maximum Gasteiger partial charge on any atom is 0.395 e. The van der Waals surface area contributed by atoms with E-state index in [9.17, 15) is 18.0 Å². The van der Waals surface area contributed by atoms with Gasteiger partial charge in [-0.1, -0.05) is 0 Å². The van der Waals surface area contributed by atoms with Gasteiger partial charge in [-0.2, -0.15) is 13.2 Å². The van der Waals surface area contributed by atoms with Gasteiger partial charge >= 0.3 is 6.18 Å². The number of anilines is 1. The number of fused-ring (bicyclic) bond motifs is 3. The second kappa shape index (κ2) is 5.41. The highest BCUT2D eigenvalue weighted by Crippen LogP contribution is 2.50. The molecule has 8 heteroatoms. The molecule has 0 aliphatic carbocycles. The van der Waals surface area contributed by atoms with E-state index in [-0.39, 0.29) is 0 Å². The minimum atomic E-state index is -4.45. The number of alkyl halides is 3. The summed E-state index contributed by atoms with van der Waals surface area (Å²) in [5.41, 5.74) is 1.61. The fourth-order valence-corrected chi connectivity index (χ4v) is 3.69. The van der Waals surface area contributed by atoms with Gasteiger partial charge in [0.2, 0.25) is 5.91 Å². The normalized spacial score (nSPS) is 29.1. The van der Waals surface area contributed by atoms with E-state index in [4.69, 9.17) is 4.74 Å². The first kappa shape index (κ1) is 15.3. The van der Waals surface area contributed by atoms with Crippen LogP contribution < -0.4 is 5.32 Å². The number of nitrogens with zero attached hydrogens (tertiary/aromatic N) is 2. The van der Waals surface area contributed by atoms with Crippen molar-refractivity contribution in [2.75, 3.05) is 5.32 Å². The molecule has 2 saturated heterocycles. The average Bonchev–Trinajstić information content (AvgIpc) is 3.15. The van der Waals surface area contributed by atoms with Gasteiger partial charge in [-0.3, -0.25) is 14.8 Å². The topological polar surface area (TPSA) is 64.1 Å². The smallest absolute Gasteiger partial charge is 0.373 e.